The first-order valence-corrected chi connectivity index (χ1v) is 6.07. The van der Waals surface area contributed by atoms with Crippen LogP contribution in [-0.2, 0) is 6.54 Å². The molecule has 0 saturated carbocycles. The smallest absolute Gasteiger partial charge is 0.0945 e. The highest BCUT2D eigenvalue weighted by Crippen LogP contribution is 2.25. The minimum Gasteiger partial charge on any atom is -0.337 e. The van der Waals surface area contributed by atoms with E-state index in [0.29, 0.717) is 5.92 Å². The highest BCUT2D eigenvalue weighted by molar-refractivity contribution is 5.01. The zero-order valence-electron chi connectivity index (χ0n) is 10.3. The molecule has 0 aliphatic carbocycles. The Hall–Kier alpha value is -0.870. The van der Waals surface area contributed by atoms with Gasteiger partial charge in [0.25, 0.3) is 0 Å². The van der Waals surface area contributed by atoms with Crippen LogP contribution in [0.1, 0.15) is 20.3 Å². The Bertz CT molecular complexity index is 312. The summed E-state index contributed by atoms with van der Waals surface area (Å²) in [4.78, 5) is 6.47. The number of hydrogen-bond donors (Lipinski definition) is 1. The van der Waals surface area contributed by atoms with Gasteiger partial charge in [0.1, 0.15) is 0 Å². The van der Waals surface area contributed by atoms with E-state index in [1.54, 1.807) is 0 Å². The third kappa shape index (κ3) is 2.44. The van der Waals surface area contributed by atoms with E-state index in [2.05, 4.69) is 28.3 Å². The summed E-state index contributed by atoms with van der Waals surface area (Å²) in [7, 11) is 0. The molecule has 1 aliphatic heterocycles. The molecule has 0 amide bonds. The van der Waals surface area contributed by atoms with E-state index in [1.807, 2.05) is 18.7 Å². The number of aromatic nitrogens is 2. The van der Waals surface area contributed by atoms with E-state index in [9.17, 15) is 0 Å². The van der Waals surface area contributed by atoms with Crippen molar-refractivity contribution < 1.29 is 0 Å². The van der Waals surface area contributed by atoms with E-state index >= 15 is 0 Å². The molecule has 1 fully saturated rings. The van der Waals surface area contributed by atoms with Crippen LogP contribution in [0.25, 0.3) is 0 Å². The van der Waals surface area contributed by atoms with Crippen LogP contribution in [0, 0.1) is 5.92 Å². The number of nitrogens with zero attached hydrogens (tertiary/aromatic N) is 3. The number of likely N-dealkylation sites (tertiary alicyclic amines) is 1. The molecule has 1 aromatic heterocycles. The number of rotatable bonds is 5. The van der Waals surface area contributed by atoms with Gasteiger partial charge < -0.3 is 10.3 Å². The Balaban J connectivity index is 1.63. The fourth-order valence-corrected chi connectivity index (χ4v) is 2.21. The minimum atomic E-state index is 0.0645. The van der Waals surface area contributed by atoms with Gasteiger partial charge in [0.2, 0.25) is 0 Å². The van der Waals surface area contributed by atoms with E-state index in [4.69, 9.17) is 5.73 Å². The van der Waals surface area contributed by atoms with E-state index < -0.39 is 0 Å². The normalized spacial score (nSPS) is 20.0. The molecule has 4 heteroatoms. The van der Waals surface area contributed by atoms with Crippen LogP contribution < -0.4 is 5.73 Å². The highest BCUT2D eigenvalue weighted by Gasteiger charge is 2.41. The average Bonchev–Trinajstić information content (AvgIpc) is 2.67. The number of hydrogen-bond acceptors (Lipinski definition) is 3. The molecule has 16 heavy (non-hydrogen) atoms. The molecule has 0 aromatic carbocycles. The monoisotopic (exact) mass is 222 g/mol. The molecule has 2 heterocycles. The molecule has 1 saturated heterocycles. The summed E-state index contributed by atoms with van der Waals surface area (Å²) >= 11 is 0. The van der Waals surface area contributed by atoms with Crippen LogP contribution in [0.3, 0.4) is 0 Å². The summed E-state index contributed by atoms with van der Waals surface area (Å²) in [6, 6.07) is 0. The summed E-state index contributed by atoms with van der Waals surface area (Å²) in [5.41, 5.74) is 6.31. The van der Waals surface area contributed by atoms with Crippen LogP contribution in [-0.4, -0.2) is 39.6 Å². The van der Waals surface area contributed by atoms with Crippen molar-refractivity contribution in [1.82, 2.24) is 14.5 Å². The van der Waals surface area contributed by atoms with Crippen molar-refractivity contribution in [3.05, 3.63) is 18.7 Å². The topological polar surface area (TPSA) is 47.1 Å². The minimum absolute atomic E-state index is 0.0645. The zero-order chi connectivity index (χ0) is 11.6. The second kappa shape index (κ2) is 4.55. The van der Waals surface area contributed by atoms with Gasteiger partial charge in [0, 0.05) is 37.6 Å². The van der Waals surface area contributed by atoms with Gasteiger partial charge in [0.15, 0.2) is 0 Å². The zero-order valence-corrected chi connectivity index (χ0v) is 10.3. The van der Waals surface area contributed by atoms with Crippen LogP contribution in [0.2, 0.25) is 0 Å². The Kier molecular flexibility index (Phi) is 3.30. The Morgan fingerprint density at radius 2 is 2.12 bits per heavy atom. The van der Waals surface area contributed by atoms with Crippen molar-refractivity contribution in [1.29, 1.82) is 0 Å². The van der Waals surface area contributed by atoms with E-state index in [1.165, 1.54) is 6.42 Å². The molecule has 0 radical (unpaired) electrons. The number of nitrogens with two attached hydrogens (primary N) is 1. The van der Waals surface area contributed by atoms with Crippen molar-refractivity contribution >= 4 is 0 Å². The molecule has 4 nitrogen and oxygen atoms in total. The van der Waals surface area contributed by atoms with Crippen LogP contribution in [0.5, 0.6) is 0 Å². The quantitative estimate of drug-likeness (QED) is 0.806. The molecule has 1 aromatic rings. The van der Waals surface area contributed by atoms with Gasteiger partial charge in [-0.3, -0.25) is 4.90 Å². The summed E-state index contributed by atoms with van der Waals surface area (Å²) in [5, 5.41) is 0. The molecular weight excluding hydrogens is 200 g/mol. The van der Waals surface area contributed by atoms with Gasteiger partial charge in [-0.2, -0.15) is 0 Å². The fourth-order valence-electron chi connectivity index (χ4n) is 2.21. The molecule has 0 atom stereocenters. The van der Waals surface area contributed by atoms with Crippen molar-refractivity contribution in [2.24, 2.45) is 11.7 Å². The van der Waals surface area contributed by atoms with Crippen LogP contribution in [0.15, 0.2) is 18.7 Å². The second-order valence-corrected chi connectivity index (χ2v) is 5.25. The average molecular weight is 222 g/mol. The predicted octanol–water partition coefficient (Wildman–Crippen LogP) is 0.942. The van der Waals surface area contributed by atoms with Crippen LogP contribution in [0.4, 0.5) is 0 Å². The van der Waals surface area contributed by atoms with E-state index in [-0.39, 0.29) is 5.54 Å². The van der Waals surface area contributed by atoms with Crippen molar-refractivity contribution in [3.8, 4) is 0 Å². The lowest BCUT2D eigenvalue weighted by Crippen LogP contribution is -2.69. The van der Waals surface area contributed by atoms with Crippen molar-refractivity contribution in [2.45, 2.75) is 32.4 Å². The standard InChI is InChI=1S/C12H22N4/c1-11(2)12(13)8-16(9-12)6-3-5-15-7-4-14-10-15/h4,7,10-11H,3,5-6,8-9,13H2,1-2H3. The van der Waals surface area contributed by atoms with Crippen LogP contribution >= 0.6 is 0 Å². The summed E-state index contributed by atoms with van der Waals surface area (Å²) in [6.45, 7) is 8.72. The number of aryl methyl sites for hydroxylation is 1. The lowest BCUT2D eigenvalue weighted by atomic mass is 9.80. The van der Waals surface area contributed by atoms with Gasteiger partial charge in [-0.15, -0.1) is 0 Å². The van der Waals surface area contributed by atoms with Gasteiger partial charge in [-0.1, -0.05) is 13.8 Å². The molecule has 2 rings (SSSR count). The Morgan fingerprint density at radius 3 is 2.69 bits per heavy atom. The SMILES string of the molecule is CC(C)C1(N)CN(CCCn2ccnc2)C1. The first kappa shape index (κ1) is 11.6. The van der Waals surface area contributed by atoms with Crippen molar-refractivity contribution in [2.75, 3.05) is 19.6 Å². The maximum atomic E-state index is 6.25. The molecule has 90 valence electrons. The Labute approximate surface area is 97.4 Å². The summed E-state index contributed by atoms with van der Waals surface area (Å²) in [5.74, 6) is 0.581. The molecular formula is C12H22N4. The third-order valence-corrected chi connectivity index (χ3v) is 3.64. The maximum absolute atomic E-state index is 6.25. The lowest BCUT2D eigenvalue weighted by Gasteiger charge is -2.50. The fraction of sp³-hybridized carbons (Fsp3) is 0.750. The largest absolute Gasteiger partial charge is 0.337 e. The first-order valence-electron chi connectivity index (χ1n) is 6.07. The summed E-state index contributed by atoms with van der Waals surface area (Å²) < 4.78 is 2.12. The van der Waals surface area contributed by atoms with Gasteiger partial charge in [0.05, 0.1) is 6.33 Å². The Morgan fingerprint density at radius 1 is 1.38 bits per heavy atom. The first-order chi connectivity index (χ1) is 7.60. The maximum Gasteiger partial charge on any atom is 0.0945 e. The van der Waals surface area contributed by atoms with E-state index in [0.717, 1.165) is 26.2 Å². The molecule has 0 unspecified atom stereocenters. The third-order valence-electron chi connectivity index (χ3n) is 3.64. The second-order valence-electron chi connectivity index (χ2n) is 5.25. The van der Waals surface area contributed by atoms with Gasteiger partial charge >= 0.3 is 0 Å². The molecule has 1 aliphatic rings. The highest BCUT2D eigenvalue weighted by atomic mass is 15.2. The van der Waals surface area contributed by atoms with Gasteiger partial charge in [-0.25, -0.2) is 4.98 Å². The van der Waals surface area contributed by atoms with Gasteiger partial charge in [-0.05, 0) is 18.9 Å². The predicted molar refractivity (Wildman–Crippen MR) is 65.0 cm³/mol. The molecule has 0 spiro atoms. The number of imidazole rings is 1. The summed E-state index contributed by atoms with van der Waals surface area (Å²) in [6.07, 6.45) is 6.88. The molecule has 0 bridgehead atoms. The van der Waals surface area contributed by atoms with Crippen molar-refractivity contribution in [3.63, 3.8) is 0 Å². The molecule has 2 N–H and O–H groups in total. The lowest BCUT2D eigenvalue weighted by molar-refractivity contribution is 0.0363.